The molecule has 1 aromatic heterocycles. The van der Waals surface area contributed by atoms with Crippen LogP contribution in [0.2, 0.25) is 0 Å². The van der Waals surface area contributed by atoms with E-state index in [1.807, 2.05) is 43.6 Å². The lowest BCUT2D eigenvalue weighted by Gasteiger charge is -2.42. The van der Waals surface area contributed by atoms with Crippen molar-refractivity contribution >= 4 is 23.3 Å². The van der Waals surface area contributed by atoms with Crippen LogP contribution >= 0.6 is 11.3 Å². The van der Waals surface area contributed by atoms with Gasteiger partial charge in [0.05, 0.1) is 12.6 Å². The van der Waals surface area contributed by atoms with E-state index in [-0.39, 0.29) is 41.9 Å². The predicted octanol–water partition coefficient (Wildman–Crippen LogP) is 3.88. The molecule has 4 rings (SSSR count). The molecule has 3 amide bonds. The van der Waals surface area contributed by atoms with E-state index in [9.17, 15) is 14.0 Å². The Balaban J connectivity index is 1.45. The molecule has 0 bridgehead atoms. The van der Waals surface area contributed by atoms with Crippen molar-refractivity contribution in [1.29, 1.82) is 0 Å². The third kappa shape index (κ3) is 5.38. The van der Waals surface area contributed by atoms with E-state index in [2.05, 4.69) is 21.7 Å². The summed E-state index contributed by atoms with van der Waals surface area (Å²) in [5.74, 6) is -0.211. The first-order chi connectivity index (χ1) is 15.6. The van der Waals surface area contributed by atoms with Crippen LogP contribution in [0.1, 0.15) is 49.7 Å². The van der Waals surface area contributed by atoms with Gasteiger partial charge in [0.1, 0.15) is 5.82 Å². The molecular weight excluding hydrogens is 439 g/mol. The normalized spacial score (nSPS) is 21.6. The molecule has 1 N–H and O–H groups in total. The number of halogens is 1. The molecule has 0 saturated carbocycles. The van der Waals surface area contributed by atoms with E-state index in [1.165, 1.54) is 16.5 Å². The number of thiophene rings is 1. The van der Waals surface area contributed by atoms with Gasteiger partial charge in [-0.1, -0.05) is 12.1 Å². The molecule has 2 atom stereocenters. The van der Waals surface area contributed by atoms with E-state index in [0.717, 1.165) is 18.5 Å². The number of rotatable bonds is 3. The van der Waals surface area contributed by atoms with Gasteiger partial charge in [0.25, 0.3) is 0 Å². The highest BCUT2D eigenvalue weighted by atomic mass is 32.1. The zero-order valence-electron chi connectivity index (χ0n) is 19.8. The van der Waals surface area contributed by atoms with E-state index in [4.69, 9.17) is 0 Å². The zero-order valence-corrected chi connectivity index (χ0v) is 20.6. The van der Waals surface area contributed by atoms with Crippen LogP contribution in [0.4, 0.5) is 9.18 Å². The van der Waals surface area contributed by atoms with Crippen LogP contribution in [0.3, 0.4) is 0 Å². The summed E-state index contributed by atoms with van der Waals surface area (Å²) in [4.78, 5) is 33.0. The second kappa shape index (κ2) is 9.43. The number of carbonyl (C=O) groups is 2. The number of carbonyl (C=O) groups excluding carboxylic acids is 2. The minimum Gasteiger partial charge on any atom is -0.338 e. The Hall–Kier alpha value is -2.45. The maximum absolute atomic E-state index is 14.0. The zero-order chi connectivity index (χ0) is 23.8. The summed E-state index contributed by atoms with van der Waals surface area (Å²) >= 11 is 1.72. The molecule has 2 aliphatic heterocycles. The Morgan fingerprint density at radius 3 is 2.67 bits per heavy atom. The van der Waals surface area contributed by atoms with Crippen molar-refractivity contribution in [3.05, 3.63) is 57.5 Å². The van der Waals surface area contributed by atoms with Crippen molar-refractivity contribution in [2.75, 3.05) is 32.7 Å². The number of urea groups is 1. The van der Waals surface area contributed by atoms with Crippen LogP contribution in [0.5, 0.6) is 0 Å². The maximum Gasteiger partial charge on any atom is 0.318 e. The first kappa shape index (κ1) is 23.7. The van der Waals surface area contributed by atoms with Gasteiger partial charge >= 0.3 is 6.03 Å². The Morgan fingerprint density at radius 1 is 1.18 bits per heavy atom. The smallest absolute Gasteiger partial charge is 0.318 e. The second-order valence-corrected chi connectivity index (χ2v) is 11.0. The van der Waals surface area contributed by atoms with E-state index in [0.29, 0.717) is 19.6 Å². The molecule has 0 radical (unpaired) electrons. The van der Waals surface area contributed by atoms with Gasteiger partial charge in [0.2, 0.25) is 5.91 Å². The molecule has 178 valence electrons. The highest BCUT2D eigenvalue weighted by Crippen LogP contribution is 2.37. The monoisotopic (exact) mass is 472 g/mol. The third-order valence-electron chi connectivity index (χ3n) is 6.29. The molecule has 1 saturated heterocycles. The third-order valence-corrected chi connectivity index (χ3v) is 7.29. The van der Waals surface area contributed by atoms with Crippen LogP contribution in [0.15, 0.2) is 35.7 Å². The molecular formula is C25H33FN4O2S. The van der Waals surface area contributed by atoms with Gasteiger partial charge < -0.3 is 15.1 Å². The number of fused-ring (bicyclic) bond motifs is 1. The highest BCUT2D eigenvalue weighted by Gasteiger charge is 2.35. The van der Waals surface area contributed by atoms with E-state index >= 15 is 0 Å². The SMILES string of the molecule is CC1CN(C(=O)CN2CCc3sccc3C2c2cccc(F)c2)CCN1C(=O)NC(C)(C)C. The number of nitrogens with one attached hydrogen (secondary N) is 1. The van der Waals surface area contributed by atoms with Crippen molar-refractivity contribution in [2.45, 2.75) is 51.7 Å². The lowest BCUT2D eigenvalue weighted by Crippen LogP contribution is -2.60. The minimum atomic E-state index is -0.301. The molecule has 0 spiro atoms. The maximum atomic E-state index is 14.0. The summed E-state index contributed by atoms with van der Waals surface area (Å²) in [7, 11) is 0. The predicted molar refractivity (Wildman–Crippen MR) is 129 cm³/mol. The molecule has 1 fully saturated rings. The quantitative estimate of drug-likeness (QED) is 0.738. The number of hydrogen-bond acceptors (Lipinski definition) is 4. The van der Waals surface area contributed by atoms with Crippen LogP contribution < -0.4 is 5.32 Å². The Morgan fingerprint density at radius 2 is 1.97 bits per heavy atom. The van der Waals surface area contributed by atoms with Crippen molar-refractivity contribution in [2.24, 2.45) is 0 Å². The summed E-state index contributed by atoms with van der Waals surface area (Å²) < 4.78 is 14.0. The number of benzene rings is 1. The highest BCUT2D eigenvalue weighted by molar-refractivity contribution is 7.10. The molecule has 3 heterocycles. The lowest BCUT2D eigenvalue weighted by atomic mass is 9.93. The lowest BCUT2D eigenvalue weighted by molar-refractivity contribution is -0.135. The Kier molecular flexibility index (Phi) is 6.77. The summed E-state index contributed by atoms with van der Waals surface area (Å²) in [6.45, 7) is 10.4. The van der Waals surface area contributed by atoms with Crippen LogP contribution in [-0.4, -0.2) is 70.9 Å². The average Bonchev–Trinajstić information content (AvgIpc) is 3.20. The Bertz CT molecular complexity index is 1020. The van der Waals surface area contributed by atoms with Crippen LogP contribution in [0.25, 0.3) is 0 Å². The van der Waals surface area contributed by atoms with Gasteiger partial charge in [-0.3, -0.25) is 9.69 Å². The van der Waals surface area contributed by atoms with Crippen molar-refractivity contribution in [3.63, 3.8) is 0 Å². The summed E-state index contributed by atoms with van der Waals surface area (Å²) in [6.07, 6.45) is 0.892. The number of amides is 3. The number of nitrogens with zero attached hydrogens (tertiary/aromatic N) is 3. The molecule has 2 aliphatic rings. The van der Waals surface area contributed by atoms with Crippen molar-refractivity contribution < 1.29 is 14.0 Å². The molecule has 1 aromatic carbocycles. The van der Waals surface area contributed by atoms with Gasteiger partial charge in [-0.25, -0.2) is 9.18 Å². The largest absolute Gasteiger partial charge is 0.338 e. The van der Waals surface area contributed by atoms with Gasteiger partial charge in [-0.15, -0.1) is 11.3 Å². The van der Waals surface area contributed by atoms with Crippen molar-refractivity contribution in [1.82, 2.24) is 20.0 Å². The van der Waals surface area contributed by atoms with Gasteiger partial charge in [0, 0.05) is 42.6 Å². The van der Waals surface area contributed by atoms with Gasteiger partial charge in [-0.2, -0.15) is 0 Å². The van der Waals surface area contributed by atoms with Crippen LogP contribution in [-0.2, 0) is 11.2 Å². The average molecular weight is 473 g/mol. The standard InChI is InChI=1S/C25H33FN4O2S/c1-17-15-28(11-12-30(17)24(32)27-25(2,3)4)22(31)16-29-10-8-21-20(9-13-33-21)23(29)18-6-5-7-19(26)14-18/h5-7,9,13-14,17,23H,8,10-12,15-16H2,1-4H3,(H,27,32). The fraction of sp³-hybridized carbons (Fsp3) is 0.520. The molecule has 2 aromatic rings. The van der Waals surface area contributed by atoms with Gasteiger partial charge in [0.15, 0.2) is 0 Å². The summed E-state index contributed by atoms with van der Waals surface area (Å²) in [5.41, 5.74) is 1.74. The van der Waals surface area contributed by atoms with Crippen molar-refractivity contribution in [3.8, 4) is 0 Å². The molecule has 8 heteroatoms. The van der Waals surface area contributed by atoms with Gasteiger partial charge in [-0.05, 0) is 68.8 Å². The van der Waals surface area contributed by atoms with E-state index < -0.39 is 0 Å². The molecule has 0 aliphatic carbocycles. The minimum absolute atomic E-state index is 0.0535. The summed E-state index contributed by atoms with van der Waals surface area (Å²) in [6, 6.07) is 8.51. The fourth-order valence-corrected chi connectivity index (χ4v) is 5.66. The number of piperazine rings is 1. The first-order valence-corrected chi connectivity index (χ1v) is 12.4. The molecule has 6 nitrogen and oxygen atoms in total. The summed E-state index contributed by atoms with van der Waals surface area (Å²) in [5, 5.41) is 5.09. The van der Waals surface area contributed by atoms with Crippen LogP contribution in [0, 0.1) is 5.82 Å². The molecule has 2 unspecified atom stereocenters. The fourth-order valence-electron chi connectivity index (χ4n) is 4.76. The Labute approximate surface area is 199 Å². The first-order valence-electron chi connectivity index (χ1n) is 11.5. The second-order valence-electron chi connectivity index (χ2n) is 10.0. The topological polar surface area (TPSA) is 55.9 Å². The molecule has 33 heavy (non-hydrogen) atoms. The number of hydrogen-bond donors (Lipinski definition) is 1. The van der Waals surface area contributed by atoms with E-state index in [1.54, 1.807) is 23.5 Å².